The van der Waals surface area contributed by atoms with E-state index in [1.54, 1.807) is 0 Å². The molecule has 0 spiro atoms. The van der Waals surface area contributed by atoms with E-state index in [-0.39, 0.29) is 30.0 Å². The van der Waals surface area contributed by atoms with Crippen molar-refractivity contribution in [1.29, 1.82) is 0 Å². The second kappa shape index (κ2) is 25.9. The molecule has 0 heterocycles. The van der Waals surface area contributed by atoms with Crippen molar-refractivity contribution in [3.8, 4) is 0 Å². The number of ether oxygens (including phenoxy) is 2. The molecule has 2 saturated carbocycles. The van der Waals surface area contributed by atoms with Crippen LogP contribution in [-0.4, -0.2) is 29.7 Å². The van der Waals surface area contributed by atoms with Crippen molar-refractivity contribution in [3.63, 3.8) is 0 Å². The van der Waals surface area contributed by atoms with Crippen LogP contribution in [0.5, 0.6) is 0 Å². The minimum atomic E-state index is -0.748. The van der Waals surface area contributed by atoms with E-state index in [1.165, 1.54) is 77.0 Å². The molecule has 0 aliphatic heterocycles. The van der Waals surface area contributed by atoms with E-state index in [1.807, 2.05) is 0 Å². The van der Waals surface area contributed by atoms with Crippen LogP contribution in [0.2, 0.25) is 0 Å². The summed E-state index contributed by atoms with van der Waals surface area (Å²) in [6.07, 6.45) is 44.9. The smallest absolute Gasteiger partial charge is 0.306 e. The predicted molar refractivity (Wildman–Crippen MR) is 194 cm³/mol. The van der Waals surface area contributed by atoms with Crippen molar-refractivity contribution in [3.05, 3.63) is 48.6 Å². The molecule has 0 bridgehead atoms. The Morgan fingerprint density at radius 1 is 0.587 bits per heavy atom. The topological polar surface area (TPSA) is 78.6 Å². The van der Waals surface area contributed by atoms with Crippen LogP contribution >= 0.6 is 0 Å². The summed E-state index contributed by atoms with van der Waals surface area (Å²) in [6.45, 7) is 4.48. The van der Waals surface area contributed by atoms with Gasteiger partial charge in [-0.2, -0.15) is 0 Å². The lowest BCUT2D eigenvalue weighted by molar-refractivity contribution is -0.186. The lowest BCUT2D eigenvalue weighted by Crippen LogP contribution is -2.48. The molecular formula is C41H69NO4. The summed E-state index contributed by atoms with van der Waals surface area (Å²) in [5.41, 5.74) is 5.51. The van der Waals surface area contributed by atoms with Gasteiger partial charge in [-0.15, -0.1) is 0 Å². The first-order valence-corrected chi connectivity index (χ1v) is 19.3. The number of esters is 2. The zero-order valence-electron chi connectivity index (χ0n) is 29.7. The summed E-state index contributed by atoms with van der Waals surface area (Å²) in [4.78, 5) is 25.1. The van der Waals surface area contributed by atoms with E-state index in [4.69, 9.17) is 15.2 Å². The van der Waals surface area contributed by atoms with Gasteiger partial charge in [-0.1, -0.05) is 127 Å². The molecule has 46 heavy (non-hydrogen) atoms. The van der Waals surface area contributed by atoms with Crippen LogP contribution in [0, 0.1) is 5.92 Å². The minimum absolute atomic E-state index is 0.148. The highest BCUT2D eigenvalue weighted by atomic mass is 16.6. The van der Waals surface area contributed by atoms with Gasteiger partial charge in [-0.3, -0.25) is 9.59 Å². The number of unbranched alkanes of at least 4 members (excludes halogenated alkanes) is 16. The van der Waals surface area contributed by atoms with Crippen LogP contribution in [0.15, 0.2) is 48.6 Å². The SMILES string of the molecule is CCCCCC=CCC=CCCCCCCCC(=O)OC1CC2C(N)C12OC(=O)CCCCCCCC=CCC=CCCCCC. The molecule has 2 rings (SSSR count). The Balaban J connectivity index is 1.43. The van der Waals surface area contributed by atoms with Gasteiger partial charge >= 0.3 is 11.9 Å². The van der Waals surface area contributed by atoms with Gasteiger partial charge in [0.25, 0.3) is 0 Å². The van der Waals surface area contributed by atoms with E-state index in [9.17, 15) is 9.59 Å². The van der Waals surface area contributed by atoms with Crippen LogP contribution in [-0.2, 0) is 19.1 Å². The number of allylic oxidation sites excluding steroid dienone is 8. The van der Waals surface area contributed by atoms with Crippen molar-refractivity contribution < 1.29 is 19.1 Å². The summed E-state index contributed by atoms with van der Waals surface area (Å²) in [6, 6.07) is -0.199. The molecule has 5 heteroatoms. The van der Waals surface area contributed by atoms with Crippen molar-refractivity contribution in [2.75, 3.05) is 0 Å². The largest absolute Gasteiger partial charge is 0.458 e. The molecule has 2 N–H and O–H groups in total. The number of carbonyl (C=O) groups excluding carboxylic acids is 2. The number of fused-ring (bicyclic) bond motifs is 1. The highest BCUT2D eigenvalue weighted by Crippen LogP contribution is 2.62. The predicted octanol–water partition coefficient (Wildman–Crippen LogP) is 11.2. The fraction of sp³-hybridized carbons (Fsp3) is 0.756. The lowest BCUT2D eigenvalue weighted by atomic mass is 9.91. The maximum Gasteiger partial charge on any atom is 0.306 e. The summed E-state index contributed by atoms with van der Waals surface area (Å²) < 4.78 is 11.6. The Morgan fingerprint density at radius 2 is 1.00 bits per heavy atom. The standard InChI is InChI=1S/C41H69NO4/c1-3-5-7-9-11-13-15-17-19-21-23-25-27-29-31-33-38(43)45-37-35-36-40(42)41(36,37)46-39(44)34-32-30-28-26-24-22-20-18-16-14-12-10-8-6-4-2/h11-14,17-20,36-37,40H,3-10,15-16,21-35,42H2,1-2H3. The summed E-state index contributed by atoms with van der Waals surface area (Å²) >= 11 is 0. The molecule has 0 saturated heterocycles. The Morgan fingerprint density at radius 3 is 1.43 bits per heavy atom. The quantitative estimate of drug-likeness (QED) is 0.0480. The van der Waals surface area contributed by atoms with Gasteiger partial charge in [0.2, 0.25) is 0 Å². The third-order valence-electron chi connectivity index (χ3n) is 9.62. The fourth-order valence-corrected chi connectivity index (χ4v) is 6.50. The second-order valence-corrected chi connectivity index (χ2v) is 13.6. The van der Waals surface area contributed by atoms with Crippen LogP contribution in [0.4, 0.5) is 0 Å². The van der Waals surface area contributed by atoms with Gasteiger partial charge < -0.3 is 15.2 Å². The molecule has 2 aliphatic carbocycles. The van der Waals surface area contributed by atoms with Gasteiger partial charge in [-0.05, 0) is 83.5 Å². The third-order valence-corrected chi connectivity index (χ3v) is 9.62. The van der Waals surface area contributed by atoms with Gasteiger partial charge in [0.05, 0.1) is 6.04 Å². The van der Waals surface area contributed by atoms with Crippen LogP contribution in [0.25, 0.3) is 0 Å². The highest BCUT2D eigenvalue weighted by Gasteiger charge is 2.80. The molecule has 2 fully saturated rings. The lowest BCUT2D eigenvalue weighted by Gasteiger charge is -2.34. The van der Waals surface area contributed by atoms with Crippen molar-refractivity contribution in [1.82, 2.24) is 0 Å². The molecule has 0 aromatic rings. The van der Waals surface area contributed by atoms with E-state index >= 15 is 0 Å². The molecular weight excluding hydrogens is 570 g/mol. The molecule has 2 aliphatic rings. The summed E-state index contributed by atoms with van der Waals surface area (Å²) in [7, 11) is 0. The molecule has 0 aromatic carbocycles. The second-order valence-electron chi connectivity index (χ2n) is 13.6. The molecule has 0 radical (unpaired) electrons. The number of hydrogen-bond acceptors (Lipinski definition) is 5. The Kier molecular flexibility index (Phi) is 22.5. The first-order valence-electron chi connectivity index (χ1n) is 19.3. The Hall–Kier alpha value is -2.14. The van der Waals surface area contributed by atoms with Gasteiger partial charge in [0.15, 0.2) is 5.60 Å². The Labute approximate surface area is 282 Å². The first-order chi connectivity index (χ1) is 22.6. The minimum Gasteiger partial charge on any atom is -0.458 e. The van der Waals surface area contributed by atoms with Gasteiger partial charge in [0, 0.05) is 18.8 Å². The van der Waals surface area contributed by atoms with Crippen LogP contribution in [0.1, 0.15) is 174 Å². The maximum absolute atomic E-state index is 12.6. The fourth-order valence-electron chi connectivity index (χ4n) is 6.50. The van der Waals surface area contributed by atoms with Crippen LogP contribution < -0.4 is 5.73 Å². The third kappa shape index (κ3) is 16.6. The van der Waals surface area contributed by atoms with E-state index in [0.717, 1.165) is 64.2 Å². The number of carbonyl (C=O) groups is 2. The van der Waals surface area contributed by atoms with Gasteiger partial charge in [-0.25, -0.2) is 0 Å². The highest BCUT2D eigenvalue weighted by molar-refractivity contribution is 5.72. The molecule has 262 valence electrons. The van der Waals surface area contributed by atoms with Crippen molar-refractivity contribution in [2.45, 2.75) is 192 Å². The number of rotatable bonds is 30. The van der Waals surface area contributed by atoms with E-state index in [2.05, 4.69) is 62.5 Å². The van der Waals surface area contributed by atoms with Crippen molar-refractivity contribution >= 4 is 11.9 Å². The number of nitrogens with two attached hydrogens (primary N) is 1. The Bertz CT molecular complexity index is 915. The summed E-state index contributed by atoms with van der Waals surface area (Å²) in [5, 5.41) is 0. The first kappa shape index (κ1) is 40.0. The monoisotopic (exact) mass is 640 g/mol. The zero-order valence-corrected chi connectivity index (χ0v) is 29.7. The molecule has 4 unspecified atom stereocenters. The van der Waals surface area contributed by atoms with Gasteiger partial charge in [0.1, 0.15) is 6.10 Å². The number of hydrogen-bond donors (Lipinski definition) is 1. The molecule has 0 amide bonds. The molecule has 5 nitrogen and oxygen atoms in total. The molecule has 4 atom stereocenters. The van der Waals surface area contributed by atoms with Crippen LogP contribution in [0.3, 0.4) is 0 Å². The normalized spacial score (nSPS) is 22.2. The van der Waals surface area contributed by atoms with E-state index in [0.29, 0.717) is 19.3 Å². The zero-order chi connectivity index (χ0) is 33.1. The summed E-state index contributed by atoms with van der Waals surface area (Å²) in [5.74, 6) is -0.231. The molecule has 0 aromatic heterocycles. The average molecular weight is 640 g/mol. The average Bonchev–Trinajstić information content (AvgIpc) is 3.50. The van der Waals surface area contributed by atoms with E-state index < -0.39 is 5.60 Å². The maximum atomic E-state index is 12.6. The van der Waals surface area contributed by atoms with Crippen molar-refractivity contribution in [2.24, 2.45) is 11.7 Å².